The van der Waals surface area contributed by atoms with Gasteiger partial charge in [-0.2, -0.15) is 0 Å². The van der Waals surface area contributed by atoms with Gasteiger partial charge in [0.1, 0.15) is 31.0 Å². The average molecular weight is 593 g/mol. The molecule has 12 heteroatoms. The highest BCUT2D eigenvalue weighted by molar-refractivity contribution is 5.87. The Morgan fingerprint density at radius 1 is 1.07 bits per heavy atom. The molecule has 10 atom stereocenters. The van der Waals surface area contributed by atoms with E-state index in [0.717, 1.165) is 6.08 Å². The lowest BCUT2D eigenvalue weighted by Crippen LogP contribution is -2.63. The van der Waals surface area contributed by atoms with Crippen LogP contribution in [0.5, 0.6) is 11.5 Å². The topological polar surface area (TPSA) is 203 Å². The molecule has 0 aromatic heterocycles. The Hall–Kier alpha value is -3.00. The fraction of sp³-hybridized carbons (Fsp3) is 0.600. The van der Waals surface area contributed by atoms with Crippen LogP contribution in [-0.4, -0.2) is 96.7 Å². The number of aliphatic carboxylic acids is 1. The zero-order valence-electron chi connectivity index (χ0n) is 23.6. The van der Waals surface area contributed by atoms with E-state index in [1.54, 1.807) is 6.92 Å². The number of benzene rings is 1. The first kappa shape index (κ1) is 31.9. The molecule has 2 saturated carbocycles. The Morgan fingerprint density at radius 3 is 2.45 bits per heavy atom. The van der Waals surface area contributed by atoms with Crippen molar-refractivity contribution in [2.24, 2.45) is 17.3 Å². The van der Waals surface area contributed by atoms with Crippen molar-refractivity contribution in [1.82, 2.24) is 0 Å². The molecule has 1 aromatic rings. The third-order valence-electron chi connectivity index (χ3n) is 9.24. The smallest absolute Gasteiger partial charge is 0.331 e. The molecule has 42 heavy (non-hydrogen) atoms. The minimum absolute atomic E-state index is 0.00653. The number of carboxylic acids is 1. The predicted molar refractivity (Wildman–Crippen MR) is 147 cm³/mol. The molecule has 1 aliphatic heterocycles. The van der Waals surface area contributed by atoms with Crippen LogP contribution in [0.15, 0.2) is 36.4 Å². The summed E-state index contributed by atoms with van der Waals surface area (Å²) in [7, 11) is 0. The Balaban J connectivity index is 1.47. The summed E-state index contributed by atoms with van der Waals surface area (Å²) < 4.78 is 17.2. The number of carbonyl (C=O) groups excluding carboxylic acids is 1. The maximum absolute atomic E-state index is 12.3. The van der Waals surface area contributed by atoms with E-state index in [1.807, 2.05) is 6.92 Å². The monoisotopic (exact) mass is 592 g/mol. The number of aliphatic hydroxyl groups excluding tert-OH is 3. The third kappa shape index (κ3) is 6.48. The summed E-state index contributed by atoms with van der Waals surface area (Å²) >= 11 is 0. The maximum atomic E-state index is 12.3. The van der Waals surface area contributed by atoms with E-state index in [9.17, 15) is 45.3 Å². The van der Waals surface area contributed by atoms with E-state index < -0.39 is 72.3 Å². The van der Waals surface area contributed by atoms with Gasteiger partial charge in [0.2, 0.25) is 0 Å². The molecule has 4 rings (SSSR count). The van der Waals surface area contributed by atoms with Crippen LogP contribution in [0.2, 0.25) is 0 Å². The summed E-state index contributed by atoms with van der Waals surface area (Å²) in [4.78, 5) is 24.1. The molecule has 1 aromatic carbocycles. The van der Waals surface area contributed by atoms with E-state index in [1.165, 1.54) is 24.3 Å². The van der Waals surface area contributed by atoms with E-state index in [2.05, 4.69) is 6.58 Å². The van der Waals surface area contributed by atoms with Crippen molar-refractivity contribution in [1.29, 1.82) is 0 Å². The van der Waals surface area contributed by atoms with Crippen molar-refractivity contribution in [3.63, 3.8) is 0 Å². The van der Waals surface area contributed by atoms with Gasteiger partial charge in [0.05, 0.1) is 11.7 Å². The van der Waals surface area contributed by atoms with Gasteiger partial charge in [-0.05, 0) is 80.1 Å². The van der Waals surface area contributed by atoms with Crippen LogP contribution in [-0.2, 0) is 23.8 Å². The number of carboxylic acid groups (broad SMARTS) is 1. The number of hydrogen-bond acceptors (Lipinski definition) is 11. The van der Waals surface area contributed by atoms with E-state index in [-0.39, 0.29) is 29.4 Å². The fourth-order valence-electron chi connectivity index (χ4n) is 6.72. The first-order chi connectivity index (χ1) is 19.6. The number of hydrogen-bond donors (Lipinski definition) is 7. The normalized spacial score (nSPS) is 38.5. The number of aromatic hydroxyl groups is 2. The van der Waals surface area contributed by atoms with Crippen LogP contribution in [0.3, 0.4) is 0 Å². The predicted octanol–water partition coefficient (Wildman–Crippen LogP) is 1.46. The molecule has 0 amide bonds. The minimum Gasteiger partial charge on any atom is -0.504 e. The van der Waals surface area contributed by atoms with Gasteiger partial charge in [-0.3, -0.25) is 0 Å². The van der Waals surface area contributed by atoms with Crippen molar-refractivity contribution in [3.8, 4) is 11.5 Å². The minimum atomic E-state index is -1.70. The van der Waals surface area contributed by atoms with Gasteiger partial charge < -0.3 is 50.0 Å². The van der Waals surface area contributed by atoms with Crippen LogP contribution in [0.4, 0.5) is 0 Å². The first-order valence-electron chi connectivity index (χ1n) is 14.0. The van der Waals surface area contributed by atoms with Crippen molar-refractivity contribution < 1.29 is 59.5 Å². The largest absolute Gasteiger partial charge is 0.504 e. The van der Waals surface area contributed by atoms with Gasteiger partial charge in [0.15, 0.2) is 17.8 Å². The third-order valence-corrected chi connectivity index (χ3v) is 9.24. The highest BCUT2D eigenvalue weighted by Gasteiger charge is 2.58. The van der Waals surface area contributed by atoms with Gasteiger partial charge in [-0.25, -0.2) is 9.59 Å². The highest BCUT2D eigenvalue weighted by atomic mass is 16.7. The second kappa shape index (κ2) is 12.3. The highest BCUT2D eigenvalue weighted by Crippen LogP contribution is 2.57. The molecule has 3 aliphatic rings. The van der Waals surface area contributed by atoms with E-state index >= 15 is 0 Å². The zero-order valence-corrected chi connectivity index (χ0v) is 23.6. The lowest BCUT2D eigenvalue weighted by Gasteiger charge is -2.58. The molecular formula is C30H40O12. The number of carbonyl (C=O) groups is 2. The number of fused-ring (bicyclic) bond motifs is 1. The molecule has 232 valence electrons. The van der Waals surface area contributed by atoms with Crippen LogP contribution in [0, 0.1) is 17.3 Å². The summed E-state index contributed by atoms with van der Waals surface area (Å²) in [6.07, 6.45) is -3.44. The molecule has 0 unspecified atom stereocenters. The molecular weight excluding hydrogens is 552 g/mol. The summed E-state index contributed by atoms with van der Waals surface area (Å²) in [5, 5.41) is 71.7. The van der Waals surface area contributed by atoms with Crippen LogP contribution >= 0.6 is 0 Å². The summed E-state index contributed by atoms with van der Waals surface area (Å²) in [5.41, 5.74) is -1.30. The molecule has 7 N–H and O–H groups in total. The van der Waals surface area contributed by atoms with Crippen LogP contribution in [0.1, 0.15) is 51.5 Å². The molecule has 0 radical (unpaired) electrons. The standard InChI is InChI=1S/C30H40O12/c1-15(27(37)38)17-12-21-29(2,9-4-10-30(21,3)39)22(13-17)42-28-26(36)25(35)24(34)20(41-28)14-40-23(33)8-6-16-5-7-18(31)19(32)11-16/h5-8,11,17,20-22,24-26,28,31-32,34-36,39H,1,4,9-10,12-14H2,2-3H3,(H,37,38)/t17-,20+,21+,22-,24+,25-,26+,28+,29-,30+/m0/s1. The fourth-order valence-corrected chi connectivity index (χ4v) is 6.72. The Kier molecular flexibility index (Phi) is 9.36. The van der Waals surface area contributed by atoms with Crippen molar-refractivity contribution >= 4 is 18.0 Å². The second-order valence-corrected chi connectivity index (χ2v) is 12.1. The van der Waals surface area contributed by atoms with Crippen LogP contribution < -0.4 is 0 Å². The molecule has 0 spiro atoms. The number of esters is 1. The van der Waals surface area contributed by atoms with Crippen molar-refractivity contribution in [2.75, 3.05) is 6.61 Å². The summed E-state index contributed by atoms with van der Waals surface area (Å²) in [5.74, 6) is -3.50. The quantitative estimate of drug-likeness (QED) is 0.130. The number of phenols is 2. The average Bonchev–Trinajstić information content (AvgIpc) is 2.93. The number of phenolic OH excluding ortho intramolecular Hbond substituents is 2. The lowest BCUT2D eigenvalue weighted by molar-refractivity contribution is -0.330. The van der Waals surface area contributed by atoms with Crippen LogP contribution in [0.25, 0.3) is 6.08 Å². The Labute approximate surface area is 243 Å². The molecule has 0 bridgehead atoms. The van der Waals surface area contributed by atoms with Gasteiger partial charge in [0, 0.05) is 11.6 Å². The molecule has 1 heterocycles. The zero-order chi connectivity index (χ0) is 31.0. The lowest BCUT2D eigenvalue weighted by atomic mass is 9.51. The SMILES string of the molecule is C=C(C(=O)O)[C@@H]1C[C@H](O[C@H]2O[C@H](COC(=O)C=Cc3ccc(O)c(O)c3)[C@@H](O)[C@H](O)[C@H]2O)[C@@]2(C)CCC[C@@](C)(O)[C@@H]2C1. The summed E-state index contributed by atoms with van der Waals surface area (Å²) in [6.45, 7) is 6.92. The maximum Gasteiger partial charge on any atom is 0.331 e. The number of rotatable bonds is 8. The van der Waals surface area contributed by atoms with Gasteiger partial charge in [-0.15, -0.1) is 0 Å². The molecule has 2 aliphatic carbocycles. The number of ether oxygens (including phenoxy) is 3. The Morgan fingerprint density at radius 2 is 1.79 bits per heavy atom. The van der Waals surface area contributed by atoms with E-state index in [4.69, 9.17) is 14.2 Å². The molecule has 12 nitrogen and oxygen atoms in total. The Bertz CT molecular complexity index is 1210. The second-order valence-electron chi connectivity index (χ2n) is 12.1. The summed E-state index contributed by atoms with van der Waals surface area (Å²) in [6, 6.07) is 3.96. The first-order valence-corrected chi connectivity index (χ1v) is 14.0. The van der Waals surface area contributed by atoms with Gasteiger partial charge in [0.25, 0.3) is 0 Å². The van der Waals surface area contributed by atoms with E-state index in [0.29, 0.717) is 31.2 Å². The van der Waals surface area contributed by atoms with Gasteiger partial charge >= 0.3 is 11.9 Å². The van der Waals surface area contributed by atoms with Gasteiger partial charge in [-0.1, -0.05) is 19.6 Å². The van der Waals surface area contributed by atoms with Crippen molar-refractivity contribution in [2.45, 2.75) is 88.4 Å². The number of aliphatic hydroxyl groups is 4. The van der Waals surface area contributed by atoms with Crippen molar-refractivity contribution in [3.05, 3.63) is 42.0 Å². The molecule has 3 fully saturated rings. The molecule has 1 saturated heterocycles.